The zero-order valence-corrected chi connectivity index (χ0v) is 12.7. The van der Waals surface area contributed by atoms with Gasteiger partial charge in [-0.25, -0.2) is 9.37 Å². The Balaban J connectivity index is 0.00000161. The molecule has 1 aromatic carbocycles. The molecule has 1 N–H and O–H groups in total. The monoisotopic (exact) mass is 328 g/mol. The molecule has 2 heterocycles. The summed E-state index contributed by atoms with van der Waals surface area (Å²) in [7, 11) is 0. The van der Waals surface area contributed by atoms with Crippen LogP contribution < -0.4 is 5.32 Å². The Morgan fingerprint density at radius 2 is 2.24 bits per heavy atom. The molecule has 1 fully saturated rings. The fourth-order valence-electron chi connectivity index (χ4n) is 2.05. The van der Waals surface area contributed by atoms with Crippen LogP contribution in [-0.4, -0.2) is 36.6 Å². The first-order valence-electron chi connectivity index (χ1n) is 6.33. The van der Waals surface area contributed by atoms with Crippen molar-refractivity contribution in [3.8, 4) is 10.4 Å². The van der Waals surface area contributed by atoms with Crippen molar-refractivity contribution < 1.29 is 13.9 Å². The molecule has 0 aliphatic carbocycles. The average molecular weight is 329 g/mol. The summed E-state index contributed by atoms with van der Waals surface area (Å²) >= 11 is 1.19. The highest BCUT2D eigenvalue weighted by Gasteiger charge is 2.25. The maximum atomic E-state index is 13.7. The van der Waals surface area contributed by atoms with E-state index in [9.17, 15) is 9.18 Å². The number of nitrogens with one attached hydrogen (secondary N) is 1. The fraction of sp³-hybridized carbons (Fsp3) is 0.286. The van der Waals surface area contributed by atoms with Gasteiger partial charge >= 0.3 is 0 Å². The molecule has 1 aliphatic heterocycles. The molecule has 3 rings (SSSR count). The van der Waals surface area contributed by atoms with Gasteiger partial charge < -0.3 is 10.1 Å². The topological polar surface area (TPSA) is 51.2 Å². The number of ether oxygens (including phenoxy) is 1. The molecule has 0 amide bonds. The number of nitrogens with zero attached hydrogens (tertiary/aromatic N) is 1. The molecule has 21 heavy (non-hydrogen) atoms. The molecule has 2 aromatic rings. The lowest BCUT2D eigenvalue weighted by Gasteiger charge is -2.21. The summed E-state index contributed by atoms with van der Waals surface area (Å²) < 4.78 is 19.1. The van der Waals surface area contributed by atoms with Crippen molar-refractivity contribution in [3.63, 3.8) is 0 Å². The minimum atomic E-state index is -0.497. The molecule has 0 spiro atoms. The molecule has 1 atom stereocenters. The van der Waals surface area contributed by atoms with Gasteiger partial charge in [-0.15, -0.1) is 23.7 Å². The van der Waals surface area contributed by atoms with Crippen LogP contribution in [0.15, 0.2) is 30.5 Å². The van der Waals surface area contributed by atoms with Crippen LogP contribution in [0.4, 0.5) is 4.39 Å². The third-order valence-electron chi connectivity index (χ3n) is 3.08. The number of carbonyl (C=O) groups is 1. The Hall–Kier alpha value is -1.34. The Bertz CT molecular complexity index is 629. The van der Waals surface area contributed by atoms with E-state index in [0.29, 0.717) is 28.6 Å². The third kappa shape index (κ3) is 3.47. The lowest BCUT2D eigenvalue weighted by molar-refractivity contribution is 0.0269. The Labute approximate surface area is 131 Å². The number of carbonyl (C=O) groups excluding carboxylic acids is 1. The molecule has 0 saturated carbocycles. The Morgan fingerprint density at radius 3 is 2.95 bits per heavy atom. The Kier molecular flexibility index (Phi) is 5.41. The zero-order chi connectivity index (χ0) is 13.9. The molecule has 1 aliphatic rings. The third-order valence-corrected chi connectivity index (χ3v) is 4.12. The van der Waals surface area contributed by atoms with Crippen molar-refractivity contribution in [1.29, 1.82) is 0 Å². The number of aromatic nitrogens is 1. The summed E-state index contributed by atoms with van der Waals surface area (Å²) in [5.74, 6) is -0.462. The predicted octanol–water partition coefficient (Wildman–Crippen LogP) is 2.54. The van der Waals surface area contributed by atoms with Gasteiger partial charge in [-0.2, -0.15) is 0 Å². The van der Waals surface area contributed by atoms with E-state index in [1.54, 1.807) is 18.2 Å². The van der Waals surface area contributed by atoms with Gasteiger partial charge in [-0.05, 0) is 6.07 Å². The van der Waals surface area contributed by atoms with Gasteiger partial charge in [0.15, 0.2) is 5.01 Å². The van der Waals surface area contributed by atoms with Gasteiger partial charge in [0, 0.05) is 24.8 Å². The fourth-order valence-corrected chi connectivity index (χ4v) is 2.97. The summed E-state index contributed by atoms with van der Waals surface area (Å²) in [6.45, 7) is 1.76. The normalized spacial score (nSPS) is 18.0. The minimum absolute atomic E-state index is 0. The smallest absolute Gasteiger partial charge is 0.221 e. The molecule has 0 bridgehead atoms. The quantitative estimate of drug-likeness (QED) is 0.880. The van der Waals surface area contributed by atoms with Crippen LogP contribution in [0, 0.1) is 5.82 Å². The van der Waals surface area contributed by atoms with Crippen molar-refractivity contribution in [1.82, 2.24) is 10.3 Å². The van der Waals surface area contributed by atoms with Crippen LogP contribution in [0.25, 0.3) is 10.4 Å². The number of morpholine rings is 1. The number of hydrogen-bond acceptors (Lipinski definition) is 5. The highest BCUT2D eigenvalue weighted by atomic mass is 35.5. The van der Waals surface area contributed by atoms with Crippen molar-refractivity contribution in [2.45, 2.75) is 6.10 Å². The molecular formula is C14H14ClFN2O2S. The maximum Gasteiger partial charge on any atom is 0.221 e. The second-order valence-corrected chi connectivity index (χ2v) is 5.47. The van der Waals surface area contributed by atoms with Crippen molar-refractivity contribution >= 4 is 29.5 Å². The van der Waals surface area contributed by atoms with Crippen LogP contribution >= 0.6 is 23.7 Å². The number of thiazole rings is 1. The average Bonchev–Trinajstić information content (AvgIpc) is 2.97. The molecular weight excluding hydrogens is 315 g/mol. The van der Waals surface area contributed by atoms with E-state index in [1.807, 2.05) is 0 Å². The first-order chi connectivity index (χ1) is 9.75. The summed E-state index contributed by atoms with van der Waals surface area (Å²) in [6, 6.07) is 6.46. The molecule has 7 heteroatoms. The van der Waals surface area contributed by atoms with Gasteiger partial charge in [0.1, 0.15) is 11.9 Å². The summed E-state index contributed by atoms with van der Waals surface area (Å²) in [5.41, 5.74) is 0.465. The number of hydrogen-bond donors (Lipinski definition) is 1. The summed E-state index contributed by atoms with van der Waals surface area (Å²) in [5, 5.41) is 3.46. The van der Waals surface area contributed by atoms with E-state index < -0.39 is 6.10 Å². The van der Waals surface area contributed by atoms with Crippen molar-refractivity contribution in [2.75, 3.05) is 19.7 Å². The van der Waals surface area contributed by atoms with E-state index >= 15 is 0 Å². The van der Waals surface area contributed by atoms with Gasteiger partial charge in [0.05, 0.1) is 11.5 Å². The standard InChI is InChI=1S/C14H13FN2O2S.ClH/c15-10-4-2-1-3-9(10)12-8-17-14(20-12)13(18)11-7-16-5-6-19-11;/h1-4,8,11,16H,5-7H2;1H. The number of ketones is 1. The van der Waals surface area contributed by atoms with Crippen molar-refractivity contribution in [3.05, 3.63) is 41.3 Å². The highest BCUT2D eigenvalue weighted by molar-refractivity contribution is 7.17. The van der Waals surface area contributed by atoms with E-state index in [1.165, 1.54) is 23.6 Å². The van der Waals surface area contributed by atoms with Gasteiger partial charge in [-0.3, -0.25) is 4.79 Å². The summed E-state index contributed by atoms with van der Waals surface area (Å²) in [4.78, 5) is 17.0. The number of benzene rings is 1. The van der Waals surface area contributed by atoms with E-state index in [0.717, 1.165) is 6.54 Å². The Morgan fingerprint density at radius 1 is 1.43 bits per heavy atom. The lowest BCUT2D eigenvalue weighted by atomic mass is 10.2. The minimum Gasteiger partial charge on any atom is -0.367 e. The van der Waals surface area contributed by atoms with Crippen molar-refractivity contribution in [2.24, 2.45) is 0 Å². The van der Waals surface area contributed by atoms with Crippen LogP contribution in [0.1, 0.15) is 9.80 Å². The van der Waals surface area contributed by atoms with E-state index in [4.69, 9.17) is 4.74 Å². The van der Waals surface area contributed by atoms with Gasteiger partial charge in [0.2, 0.25) is 5.78 Å². The van der Waals surface area contributed by atoms with E-state index in [-0.39, 0.29) is 24.0 Å². The number of halogens is 2. The predicted molar refractivity (Wildman–Crippen MR) is 81.7 cm³/mol. The first-order valence-corrected chi connectivity index (χ1v) is 7.14. The molecule has 1 aromatic heterocycles. The number of rotatable bonds is 3. The molecule has 0 radical (unpaired) electrons. The van der Waals surface area contributed by atoms with Crippen LogP contribution in [0.2, 0.25) is 0 Å². The van der Waals surface area contributed by atoms with Gasteiger partial charge in [-0.1, -0.05) is 18.2 Å². The van der Waals surface area contributed by atoms with Crippen LogP contribution in [0.3, 0.4) is 0 Å². The van der Waals surface area contributed by atoms with E-state index in [2.05, 4.69) is 10.3 Å². The summed E-state index contributed by atoms with van der Waals surface area (Å²) in [6.07, 6.45) is 1.04. The van der Waals surface area contributed by atoms with Gasteiger partial charge in [0.25, 0.3) is 0 Å². The second-order valence-electron chi connectivity index (χ2n) is 4.44. The van der Waals surface area contributed by atoms with Crippen LogP contribution in [0.5, 0.6) is 0 Å². The second kappa shape index (κ2) is 7.09. The SMILES string of the molecule is Cl.O=C(c1ncc(-c2ccccc2F)s1)C1CNCCO1. The lowest BCUT2D eigenvalue weighted by Crippen LogP contribution is -2.43. The first kappa shape index (κ1) is 16.0. The molecule has 1 saturated heterocycles. The largest absolute Gasteiger partial charge is 0.367 e. The number of Topliss-reactive ketones (excluding diaryl/α,β-unsaturated/α-hetero) is 1. The molecule has 4 nitrogen and oxygen atoms in total. The maximum absolute atomic E-state index is 13.7. The zero-order valence-electron chi connectivity index (χ0n) is 11.0. The van der Waals surface area contributed by atoms with Crippen LogP contribution in [-0.2, 0) is 4.74 Å². The highest BCUT2D eigenvalue weighted by Crippen LogP contribution is 2.29. The molecule has 1 unspecified atom stereocenters. The molecule has 112 valence electrons.